The van der Waals surface area contributed by atoms with Crippen molar-refractivity contribution in [3.63, 3.8) is 0 Å². The molecule has 0 aromatic carbocycles. The van der Waals surface area contributed by atoms with Crippen molar-refractivity contribution < 1.29 is 0 Å². The summed E-state index contributed by atoms with van der Waals surface area (Å²) in [6, 6.07) is 0. The second-order valence-corrected chi connectivity index (χ2v) is 9.37. The molecule has 12 heavy (non-hydrogen) atoms. The molecule has 0 aliphatic rings. The van der Waals surface area contributed by atoms with Crippen molar-refractivity contribution >= 4 is 18.0 Å². The van der Waals surface area contributed by atoms with Crippen molar-refractivity contribution in [3.05, 3.63) is 0 Å². The van der Waals surface area contributed by atoms with E-state index in [2.05, 4.69) is 45.2 Å². The zero-order valence-electron chi connectivity index (χ0n) is 8.77. The van der Waals surface area contributed by atoms with Gasteiger partial charge < -0.3 is 0 Å². The smallest absolute Gasteiger partial charge is 0.0251 e. The van der Waals surface area contributed by atoms with Crippen LogP contribution in [0.4, 0.5) is 0 Å². The molecule has 0 saturated carbocycles. The Morgan fingerprint density at radius 3 is 1.83 bits per heavy atom. The molecule has 0 heterocycles. The summed E-state index contributed by atoms with van der Waals surface area (Å²) in [5.74, 6) is 0. The van der Waals surface area contributed by atoms with Gasteiger partial charge in [-0.1, -0.05) is 25.7 Å². The topological polar surface area (TPSA) is 24.1 Å². The molecule has 0 atom stereocenters. The van der Waals surface area contributed by atoms with E-state index in [1.54, 1.807) is 0 Å². The largest absolute Gasteiger partial charge is 0.248 e. The molecule has 0 rings (SSSR count). The Balaban J connectivity index is 3.99. The molecular weight excluding hydrogens is 187 g/mol. The average molecular weight is 208 g/mol. The number of hydrazine groups is 1. The zero-order chi connectivity index (χ0) is 9.83. The lowest BCUT2D eigenvalue weighted by Crippen LogP contribution is -2.44. The average Bonchev–Trinajstić information content (AvgIpc) is 1.99. The molecule has 2 nitrogen and oxygen atoms in total. The summed E-state index contributed by atoms with van der Waals surface area (Å²) in [5.41, 5.74) is 3.37. The van der Waals surface area contributed by atoms with Gasteiger partial charge in [0, 0.05) is 11.7 Å². The van der Waals surface area contributed by atoms with Gasteiger partial charge in [0.1, 0.15) is 0 Å². The van der Waals surface area contributed by atoms with Gasteiger partial charge in [0.25, 0.3) is 0 Å². The monoisotopic (exact) mass is 208 g/mol. The van der Waals surface area contributed by atoms with Gasteiger partial charge in [-0.05, 0) is 33.1 Å². The van der Waals surface area contributed by atoms with E-state index in [0.717, 1.165) is 12.3 Å². The molecule has 4 heteroatoms. The van der Waals surface area contributed by atoms with Crippen LogP contribution in [0, 0.1) is 0 Å². The Kier molecular flexibility index (Phi) is 4.93. The van der Waals surface area contributed by atoms with Crippen LogP contribution in [0.1, 0.15) is 34.6 Å². The van der Waals surface area contributed by atoms with Crippen LogP contribution < -0.4 is 10.6 Å². The molecule has 0 aromatic heterocycles. The number of hydrogen-bond donors (Lipinski definition) is 2. The molecule has 2 N–H and O–H groups in total. The molecule has 0 unspecified atom stereocenters. The minimum absolute atomic E-state index is 0.106. The van der Waals surface area contributed by atoms with Gasteiger partial charge in [-0.2, -0.15) is 0 Å². The maximum atomic E-state index is 5.51. The lowest BCUT2D eigenvalue weighted by Gasteiger charge is -2.28. The Morgan fingerprint density at radius 1 is 1.17 bits per heavy atom. The molecule has 74 valence electrons. The molecule has 0 spiro atoms. The van der Waals surface area contributed by atoms with Crippen molar-refractivity contribution in [3.8, 4) is 0 Å². The van der Waals surface area contributed by atoms with Crippen LogP contribution in [0.2, 0.25) is 0 Å². The maximum Gasteiger partial charge on any atom is 0.0251 e. The third-order valence-electron chi connectivity index (χ3n) is 1.66. The predicted octanol–water partition coefficient (Wildman–Crippen LogP) is 2.31. The van der Waals surface area contributed by atoms with Gasteiger partial charge in [0.05, 0.1) is 0 Å². The highest BCUT2D eigenvalue weighted by atomic mass is 32.4. The first kappa shape index (κ1) is 12.6. The molecule has 0 saturated heterocycles. The van der Waals surface area contributed by atoms with Crippen molar-refractivity contribution in [1.82, 2.24) is 10.6 Å². The van der Waals surface area contributed by atoms with Crippen molar-refractivity contribution in [2.45, 2.75) is 40.2 Å². The zero-order valence-corrected chi connectivity index (χ0v) is 10.5. The normalized spacial score (nSPS) is 13.4. The highest BCUT2D eigenvalue weighted by Crippen LogP contribution is 2.39. The number of rotatable bonds is 4. The summed E-state index contributed by atoms with van der Waals surface area (Å²) in [7, 11) is 0. The summed E-state index contributed by atoms with van der Waals surface area (Å²) in [6.07, 6.45) is 0.837. The van der Waals surface area contributed by atoms with E-state index in [4.69, 9.17) is 11.8 Å². The van der Waals surface area contributed by atoms with Gasteiger partial charge in [0.15, 0.2) is 0 Å². The van der Waals surface area contributed by atoms with Gasteiger partial charge in [-0.15, -0.1) is 0 Å². The molecule has 0 aliphatic carbocycles. The van der Waals surface area contributed by atoms with Crippen LogP contribution in [0.25, 0.3) is 0 Å². The summed E-state index contributed by atoms with van der Waals surface area (Å²) in [5, 5.41) is 3.31. The Morgan fingerprint density at radius 2 is 1.58 bits per heavy atom. The van der Waals surface area contributed by atoms with Crippen molar-refractivity contribution in [2.24, 2.45) is 0 Å². The quantitative estimate of drug-likeness (QED) is 0.547. The minimum Gasteiger partial charge on any atom is -0.248 e. The minimum atomic E-state index is -1.31. The summed E-state index contributed by atoms with van der Waals surface area (Å²) in [4.78, 5) is 0. The van der Waals surface area contributed by atoms with Crippen LogP contribution in [0.5, 0.6) is 0 Å². The summed E-state index contributed by atoms with van der Waals surface area (Å²) in [6.45, 7) is 10.7. The number of hydrogen-bond acceptors (Lipinski definition) is 2. The first-order valence-electron chi connectivity index (χ1n) is 4.45. The number of nitrogens with one attached hydrogen (secondary N) is 2. The van der Waals surface area contributed by atoms with Crippen LogP contribution in [-0.2, 0) is 11.8 Å². The second-order valence-electron chi connectivity index (χ2n) is 4.01. The highest BCUT2D eigenvalue weighted by Gasteiger charge is 2.15. The fourth-order valence-electron chi connectivity index (χ4n) is 0.651. The van der Waals surface area contributed by atoms with E-state index >= 15 is 0 Å². The lowest BCUT2D eigenvalue weighted by atomic mass is 10.1. The van der Waals surface area contributed by atoms with Crippen LogP contribution in [0.3, 0.4) is 0 Å². The fraction of sp³-hybridized carbons (Fsp3) is 1.00. The molecular formula is C8H21N2PS. The molecule has 0 fully saturated rings. The molecule has 0 aromatic rings. The van der Waals surface area contributed by atoms with Crippen LogP contribution in [0.15, 0.2) is 0 Å². The molecule has 0 amide bonds. The predicted molar refractivity (Wildman–Crippen MR) is 61.4 cm³/mol. The summed E-state index contributed by atoms with van der Waals surface area (Å²) < 4.78 is 0. The standard InChI is InChI=1S/C8H21N2PS/c1-6-11(12,7-2)10-9-8(3,4)5/h9H,6-7H2,1-5H3,(H,10,12). The third kappa shape index (κ3) is 5.26. The van der Waals surface area contributed by atoms with Gasteiger partial charge in [0.2, 0.25) is 0 Å². The highest BCUT2D eigenvalue weighted by molar-refractivity contribution is 8.13. The SMILES string of the molecule is CCP(=S)(CC)NNC(C)(C)C. The van der Waals surface area contributed by atoms with E-state index in [1.165, 1.54) is 0 Å². The Bertz CT molecular complexity index is 166. The van der Waals surface area contributed by atoms with E-state index in [-0.39, 0.29) is 5.54 Å². The second kappa shape index (κ2) is 4.71. The van der Waals surface area contributed by atoms with E-state index in [1.807, 2.05) is 0 Å². The lowest BCUT2D eigenvalue weighted by molar-refractivity contribution is 0.412. The summed E-state index contributed by atoms with van der Waals surface area (Å²) >= 11 is 5.51. The first-order chi connectivity index (χ1) is 5.33. The van der Waals surface area contributed by atoms with Gasteiger partial charge in [-0.25, -0.2) is 10.6 Å². The van der Waals surface area contributed by atoms with E-state index < -0.39 is 6.19 Å². The van der Waals surface area contributed by atoms with E-state index in [9.17, 15) is 0 Å². The van der Waals surface area contributed by atoms with E-state index in [0.29, 0.717) is 0 Å². The molecule has 0 bridgehead atoms. The van der Waals surface area contributed by atoms with Gasteiger partial charge >= 0.3 is 0 Å². The van der Waals surface area contributed by atoms with Crippen LogP contribution >= 0.6 is 6.19 Å². The fourth-order valence-corrected chi connectivity index (χ4v) is 2.09. The molecule has 0 radical (unpaired) electrons. The maximum absolute atomic E-state index is 5.51. The van der Waals surface area contributed by atoms with Crippen LogP contribution in [-0.4, -0.2) is 17.9 Å². The van der Waals surface area contributed by atoms with Crippen molar-refractivity contribution in [2.75, 3.05) is 12.3 Å². The van der Waals surface area contributed by atoms with Crippen molar-refractivity contribution in [1.29, 1.82) is 0 Å². The Hall–Kier alpha value is 0.570. The molecule has 0 aliphatic heterocycles. The van der Waals surface area contributed by atoms with Gasteiger partial charge in [-0.3, -0.25) is 0 Å². The third-order valence-corrected chi connectivity index (χ3v) is 6.04. The Labute approximate surface area is 81.5 Å². The first-order valence-corrected chi connectivity index (χ1v) is 7.63.